The first-order chi connectivity index (χ1) is 11.7. The Balaban J connectivity index is 1.72. The molecular weight excluding hydrogens is 302 g/mol. The molecule has 120 valence electrons. The van der Waals surface area contributed by atoms with Crippen molar-refractivity contribution >= 4 is 22.7 Å². The number of rotatable bonds is 4. The predicted molar refractivity (Wildman–Crippen MR) is 92.7 cm³/mol. The highest BCUT2D eigenvalue weighted by molar-refractivity contribution is 6.05. The zero-order valence-corrected chi connectivity index (χ0v) is 13.2. The quantitative estimate of drug-likeness (QED) is 0.776. The molecule has 0 aliphatic rings. The first-order valence-electron chi connectivity index (χ1n) is 7.62. The number of amides is 2. The molecule has 2 amide bonds. The van der Waals surface area contributed by atoms with E-state index in [1.54, 1.807) is 31.4 Å². The molecule has 0 saturated carbocycles. The van der Waals surface area contributed by atoms with Gasteiger partial charge in [-0.15, -0.1) is 0 Å². The number of carbonyl (C=O) groups is 2. The molecule has 5 heteroatoms. The average Bonchev–Trinajstić information content (AvgIpc) is 2.65. The Kier molecular flexibility index (Phi) is 4.52. The molecule has 0 aliphatic heterocycles. The van der Waals surface area contributed by atoms with Crippen LogP contribution in [-0.4, -0.2) is 23.8 Å². The monoisotopic (exact) mass is 319 g/mol. The SMILES string of the molecule is CNC(=O)c1ccc(CNC(=O)c2cccc3cccnc23)cc1. The molecule has 0 spiro atoms. The smallest absolute Gasteiger partial charge is 0.253 e. The van der Waals surface area contributed by atoms with E-state index in [2.05, 4.69) is 15.6 Å². The Morgan fingerprint density at radius 3 is 2.46 bits per heavy atom. The van der Waals surface area contributed by atoms with E-state index >= 15 is 0 Å². The number of nitrogens with zero attached hydrogens (tertiary/aromatic N) is 1. The number of benzene rings is 2. The van der Waals surface area contributed by atoms with E-state index in [-0.39, 0.29) is 11.8 Å². The Bertz CT molecular complexity index is 883. The molecule has 0 bridgehead atoms. The van der Waals surface area contributed by atoms with E-state index in [1.807, 2.05) is 36.4 Å². The lowest BCUT2D eigenvalue weighted by molar-refractivity contribution is 0.0947. The molecule has 24 heavy (non-hydrogen) atoms. The lowest BCUT2D eigenvalue weighted by Crippen LogP contribution is -2.23. The van der Waals surface area contributed by atoms with Gasteiger partial charge >= 0.3 is 0 Å². The van der Waals surface area contributed by atoms with Crippen LogP contribution in [0.15, 0.2) is 60.8 Å². The van der Waals surface area contributed by atoms with Crippen LogP contribution in [0.5, 0.6) is 0 Å². The minimum Gasteiger partial charge on any atom is -0.355 e. The van der Waals surface area contributed by atoms with Crippen LogP contribution in [0.1, 0.15) is 26.3 Å². The number of nitrogens with one attached hydrogen (secondary N) is 2. The Hall–Kier alpha value is -3.21. The van der Waals surface area contributed by atoms with Crippen molar-refractivity contribution in [1.29, 1.82) is 0 Å². The molecule has 0 atom stereocenters. The van der Waals surface area contributed by atoms with E-state index in [4.69, 9.17) is 0 Å². The van der Waals surface area contributed by atoms with E-state index in [0.29, 0.717) is 23.2 Å². The Morgan fingerprint density at radius 1 is 0.958 bits per heavy atom. The fraction of sp³-hybridized carbons (Fsp3) is 0.105. The highest BCUT2D eigenvalue weighted by Gasteiger charge is 2.10. The van der Waals surface area contributed by atoms with Crippen LogP contribution >= 0.6 is 0 Å². The van der Waals surface area contributed by atoms with Crippen molar-refractivity contribution in [2.45, 2.75) is 6.54 Å². The van der Waals surface area contributed by atoms with Gasteiger partial charge in [-0.3, -0.25) is 14.6 Å². The standard InChI is InChI=1S/C19H17N3O2/c1-20-18(23)15-9-7-13(8-10-15)12-22-19(24)16-6-2-4-14-5-3-11-21-17(14)16/h2-11H,12H2,1H3,(H,20,23)(H,22,24). The molecule has 2 N–H and O–H groups in total. The largest absolute Gasteiger partial charge is 0.355 e. The summed E-state index contributed by atoms with van der Waals surface area (Å²) in [5.41, 5.74) is 2.75. The van der Waals surface area contributed by atoms with Gasteiger partial charge in [-0.05, 0) is 29.8 Å². The van der Waals surface area contributed by atoms with Gasteiger partial charge in [0.2, 0.25) is 0 Å². The van der Waals surface area contributed by atoms with Gasteiger partial charge in [-0.25, -0.2) is 0 Å². The van der Waals surface area contributed by atoms with E-state index < -0.39 is 0 Å². The molecule has 3 rings (SSSR count). The van der Waals surface area contributed by atoms with E-state index in [0.717, 1.165) is 10.9 Å². The van der Waals surface area contributed by atoms with Gasteiger partial charge in [-0.1, -0.05) is 30.3 Å². The van der Waals surface area contributed by atoms with Crippen LogP contribution in [0, 0.1) is 0 Å². The van der Waals surface area contributed by atoms with Crippen molar-refractivity contribution in [3.63, 3.8) is 0 Å². The molecule has 0 aliphatic carbocycles. The summed E-state index contributed by atoms with van der Waals surface area (Å²) in [6.07, 6.45) is 1.68. The molecular formula is C19H17N3O2. The molecule has 0 radical (unpaired) electrons. The third-order valence-electron chi connectivity index (χ3n) is 3.77. The zero-order valence-electron chi connectivity index (χ0n) is 13.2. The van der Waals surface area contributed by atoms with Crippen molar-refractivity contribution in [2.24, 2.45) is 0 Å². The summed E-state index contributed by atoms with van der Waals surface area (Å²) >= 11 is 0. The van der Waals surface area contributed by atoms with Gasteiger partial charge in [0, 0.05) is 30.7 Å². The average molecular weight is 319 g/mol. The second-order valence-corrected chi connectivity index (χ2v) is 5.34. The summed E-state index contributed by atoms with van der Waals surface area (Å²) in [6, 6.07) is 16.4. The molecule has 1 aromatic heterocycles. The lowest BCUT2D eigenvalue weighted by Gasteiger charge is -2.08. The van der Waals surface area contributed by atoms with Crippen molar-refractivity contribution in [1.82, 2.24) is 15.6 Å². The number of hydrogen-bond acceptors (Lipinski definition) is 3. The molecule has 0 saturated heterocycles. The number of fused-ring (bicyclic) bond motifs is 1. The number of para-hydroxylation sites is 1. The highest BCUT2D eigenvalue weighted by atomic mass is 16.2. The van der Waals surface area contributed by atoms with Gasteiger partial charge in [0.25, 0.3) is 11.8 Å². The first kappa shape index (κ1) is 15.7. The fourth-order valence-electron chi connectivity index (χ4n) is 2.48. The number of carbonyl (C=O) groups excluding carboxylic acids is 2. The van der Waals surface area contributed by atoms with Crippen LogP contribution in [0.3, 0.4) is 0 Å². The maximum atomic E-state index is 12.4. The second kappa shape index (κ2) is 6.91. The van der Waals surface area contributed by atoms with Gasteiger partial charge < -0.3 is 10.6 Å². The molecule has 0 unspecified atom stereocenters. The highest BCUT2D eigenvalue weighted by Crippen LogP contribution is 2.16. The van der Waals surface area contributed by atoms with Gasteiger partial charge in [-0.2, -0.15) is 0 Å². The Morgan fingerprint density at radius 2 is 1.71 bits per heavy atom. The molecule has 2 aromatic carbocycles. The van der Waals surface area contributed by atoms with E-state index in [1.165, 1.54) is 0 Å². The van der Waals surface area contributed by atoms with Crippen LogP contribution in [0.2, 0.25) is 0 Å². The Labute approximate surface area is 139 Å². The van der Waals surface area contributed by atoms with Crippen LogP contribution < -0.4 is 10.6 Å². The van der Waals surface area contributed by atoms with Gasteiger partial charge in [0.1, 0.15) is 0 Å². The maximum absolute atomic E-state index is 12.4. The van der Waals surface area contributed by atoms with Gasteiger partial charge in [0.15, 0.2) is 0 Å². The number of hydrogen-bond donors (Lipinski definition) is 2. The second-order valence-electron chi connectivity index (χ2n) is 5.34. The molecule has 5 nitrogen and oxygen atoms in total. The number of aromatic nitrogens is 1. The molecule has 1 heterocycles. The summed E-state index contributed by atoms with van der Waals surface area (Å²) in [5, 5.41) is 6.40. The summed E-state index contributed by atoms with van der Waals surface area (Å²) in [7, 11) is 1.59. The maximum Gasteiger partial charge on any atom is 0.253 e. The van der Waals surface area contributed by atoms with Crippen LogP contribution in [-0.2, 0) is 6.54 Å². The summed E-state index contributed by atoms with van der Waals surface area (Å²) in [5.74, 6) is -0.304. The number of pyridine rings is 1. The molecule has 3 aromatic rings. The minimum absolute atomic E-state index is 0.132. The summed E-state index contributed by atoms with van der Waals surface area (Å²) in [4.78, 5) is 28.2. The predicted octanol–water partition coefficient (Wildman–Crippen LogP) is 2.52. The summed E-state index contributed by atoms with van der Waals surface area (Å²) in [6.45, 7) is 0.385. The van der Waals surface area contributed by atoms with Crippen LogP contribution in [0.25, 0.3) is 10.9 Å². The van der Waals surface area contributed by atoms with Crippen molar-refractivity contribution in [2.75, 3.05) is 7.05 Å². The van der Waals surface area contributed by atoms with Crippen molar-refractivity contribution < 1.29 is 9.59 Å². The molecule has 0 fully saturated rings. The fourth-order valence-corrected chi connectivity index (χ4v) is 2.48. The first-order valence-corrected chi connectivity index (χ1v) is 7.62. The third kappa shape index (κ3) is 3.25. The third-order valence-corrected chi connectivity index (χ3v) is 3.77. The van der Waals surface area contributed by atoms with E-state index in [9.17, 15) is 9.59 Å². The normalized spacial score (nSPS) is 10.4. The van der Waals surface area contributed by atoms with Crippen molar-refractivity contribution in [3.8, 4) is 0 Å². The minimum atomic E-state index is -0.172. The van der Waals surface area contributed by atoms with Crippen LogP contribution in [0.4, 0.5) is 0 Å². The lowest BCUT2D eigenvalue weighted by atomic mass is 10.1. The van der Waals surface area contributed by atoms with Crippen molar-refractivity contribution in [3.05, 3.63) is 77.5 Å². The zero-order chi connectivity index (χ0) is 16.9. The topological polar surface area (TPSA) is 71.1 Å². The van der Waals surface area contributed by atoms with Gasteiger partial charge in [0.05, 0.1) is 11.1 Å². The summed E-state index contributed by atoms with van der Waals surface area (Å²) < 4.78 is 0.